The van der Waals surface area contributed by atoms with Crippen LogP contribution in [0.2, 0.25) is 0 Å². The van der Waals surface area contributed by atoms with Crippen molar-refractivity contribution in [3.8, 4) is 0 Å². The number of hydrogen-bond acceptors (Lipinski definition) is 20. The van der Waals surface area contributed by atoms with Crippen LogP contribution in [-0.2, 0) is 98.2 Å². The molecular weight excluding hydrogens is 1570 g/mol. The topological polar surface area (TPSA) is 257 Å². The van der Waals surface area contributed by atoms with Gasteiger partial charge in [-0.3, -0.25) is 84.3 Å². The number of fused-ring (bicyclic) bond motifs is 3. The Kier molecular flexibility index (Phi) is 32.1. The number of rotatable bonds is 30. The minimum atomic E-state index is 0.682. The van der Waals surface area contributed by atoms with E-state index in [2.05, 4.69) is 239 Å². The first-order valence-electron chi connectivity index (χ1n) is 43.0. The van der Waals surface area contributed by atoms with Crippen LogP contribution in [0, 0.1) is 55.4 Å². The van der Waals surface area contributed by atoms with Gasteiger partial charge in [-0.2, -0.15) is 0 Å². The maximum Gasteiger partial charge on any atom is 0.121 e. The Hall–Kier alpha value is -14.3. The van der Waals surface area contributed by atoms with Crippen LogP contribution < -0.4 is 0 Å². The maximum absolute atomic E-state index is 4.75. The molecule has 127 heavy (non-hydrogen) atoms. The SMILES string of the molecule is Cc1cccc(CN(Cc2cccc(C)n2)Cc2cccc(C)n2)n1.Cc1cccc(CN(Cc2ccccn2)Cc2cccc(C)n2)n1.Cc1cccc(CN(Cc2ccccn2)Cc2ccccn2)n1.Cc1cccc(CN(Cc2ccccn2)Cc2nc3ccccc3[nH]2)n1.Cc1cccc(CN(Cc2nc3ccccc3[nH]2)Cc2nc3ccccc3[nH]2)n1. The number of nitrogens with zero attached hydrogens (tertiary/aromatic N) is 20. The number of aromatic amines is 3. The molecule has 0 saturated heterocycles. The normalized spacial score (nSPS) is 11.2. The van der Waals surface area contributed by atoms with Crippen LogP contribution in [-0.4, -0.2) is 114 Å². The van der Waals surface area contributed by atoms with Gasteiger partial charge in [0.15, 0.2) is 0 Å². The third kappa shape index (κ3) is 29.1. The second-order valence-corrected chi connectivity index (χ2v) is 31.8. The van der Waals surface area contributed by atoms with Crippen molar-refractivity contribution >= 4 is 33.1 Å². The molecule has 640 valence electrons. The number of aryl methyl sites for hydroxylation is 8. The van der Waals surface area contributed by atoms with Crippen molar-refractivity contribution in [3.05, 3.63) is 447 Å². The Balaban J connectivity index is 0.000000129. The van der Waals surface area contributed by atoms with Gasteiger partial charge in [-0.25, -0.2) is 15.0 Å². The summed E-state index contributed by atoms with van der Waals surface area (Å²) in [5.74, 6) is 2.83. The molecule has 0 saturated carbocycles. The molecule has 0 atom stereocenters. The standard InChI is InChI=1S/C23H22N6.C21H21N5.C21H24N4.C20H22N4.C19H20N4/c1-16-7-6-8-17(24-16)13-29(14-22-25-18-9-2-3-10-19(18)26-22)15-23-27-20-11-4-5-12-21(20)28-23;1-16-7-6-9-18(23-16)14-26(13-17-8-4-5-12-22-17)15-21-24-19-10-2-3-11-20(19)25-21;1-16-7-4-10-19(22-16)13-25(14-20-11-5-8-17(2)23-20)15-21-12-6-9-18(3)24-21;1-16-7-5-10-19(22-16)14-24(13-18-9-3-4-12-21-18)15-20-11-6-8-17(2)23-20;1-16-7-6-10-19(22-16)15-23(13-17-8-2-4-11-20-17)14-18-9-3-5-12-21-18/h2-12H,13-15H2,1H3,(H,25,26)(H,27,28);2-12H,13-15H2,1H3,(H,24,25);4-12H,13-15H2,1-3H3;3-12H,13-15H2,1-2H3;2-12H,13-15H2,1H3. The molecule has 18 aromatic rings. The van der Waals surface area contributed by atoms with Crippen molar-refractivity contribution in [2.45, 2.75) is 154 Å². The summed E-state index contributed by atoms with van der Waals surface area (Å²) in [6.07, 6.45) is 7.33. The summed E-state index contributed by atoms with van der Waals surface area (Å²) >= 11 is 0. The van der Waals surface area contributed by atoms with Gasteiger partial charge in [0.25, 0.3) is 0 Å². The first-order chi connectivity index (χ1) is 62.0. The molecule has 23 nitrogen and oxygen atoms in total. The molecule has 3 aromatic carbocycles. The van der Waals surface area contributed by atoms with E-state index in [0.29, 0.717) is 19.6 Å². The molecular formula is C104H109N23. The highest BCUT2D eigenvalue weighted by atomic mass is 15.2. The molecule has 0 aliphatic rings. The number of imidazole rings is 3. The van der Waals surface area contributed by atoms with Crippen LogP contribution in [0.25, 0.3) is 33.1 Å². The largest absolute Gasteiger partial charge is 0.341 e. The van der Waals surface area contributed by atoms with Gasteiger partial charge in [0.2, 0.25) is 0 Å². The summed E-state index contributed by atoms with van der Waals surface area (Å²) in [5, 5.41) is 0. The number of para-hydroxylation sites is 6. The van der Waals surface area contributed by atoms with Crippen LogP contribution in [0.5, 0.6) is 0 Å². The average molecular weight is 1680 g/mol. The molecule has 0 aliphatic carbocycles. The molecule has 0 radical (unpaired) electrons. The minimum absolute atomic E-state index is 0.682. The van der Waals surface area contributed by atoms with Gasteiger partial charge in [-0.15, -0.1) is 0 Å². The fraction of sp³-hybridized carbons (Fsp3) is 0.221. The van der Waals surface area contributed by atoms with E-state index in [4.69, 9.17) is 15.0 Å². The van der Waals surface area contributed by atoms with E-state index in [1.807, 2.05) is 232 Å². The highest BCUT2D eigenvalue weighted by Crippen LogP contribution is 2.22. The lowest BCUT2D eigenvalue weighted by Crippen LogP contribution is -2.24. The van der Waals surface area contributed by atoms with Gasteiger partial charge in [0, 0.05) is 149 Å². The van der Waals surface area contributed by atoms with E-state index in [9.17, 15) is 0 Å². The van der Waals surface area contributed by atoms with E-state index < -0.39 is 0 Å². The van der Waals surface area contributed by atoms with Gasteiger partial charge >= 0.3 is 0 Å². The second kappa shape index (κ2) is 45.9. The van der Waals surface area contributed by atoms with Crippen molar-refractivity contribution < 1.29 is 0 Å². The third-order valence-electron chi connectivity index (χ3n) is 20.5. The quantitative estimate of drug-likeness (QED) is 0.0378. The van der Waals surface area contributed by atoms with Crippen molar-refractivity contribution in [3.63, 3.8) is 0 Å². The fourth-order valence-electron chi connectivity index (χ4n) is 14.9. The summed E-state index contributed by atoms with van der Waals surface area (Å²) < 4.78 is 0. The van der Waals surface area contributed by atoms with E-state index in [1.165, 1.54) is 0 Å². The Morgan fingerprint density at radius 1 is 0.165 bits per heavy atom. The number of aromatic nitrogens is 18. The number of H-pyrrole nitrogens is 3. The predicted molar refractivity (Wildman–Crippen MR) is 502 cm³/mol. The zero-order valence-corrected chi connectivity index (χ0v) is 73.6. The van der Waals surface area contributed by atoms with Crippen LogP contribution >= 0.6 is 0 Å². The Labute approximate surface area is 743 Å². The van der Waals surface area contributed by atoms with Crippen molar-refractivity contribution in [1.82, 2.24) is 114 Å². The molecule has 0 aliphatic heterocycles. The lowest BCUT2D eigenvalue weighted by molar-refractivity contribution is 0.234. The summed E-state index contributed by atoms with van der Waals surface area (Å²) in [7, 11) is 0. The van der Waals surface area contributed by atoms with Gasteiger partial charge in [-0.05, 0) is 237 Å². The van der Waals surface area contributed by atoms with Gasteiger partial charge in [0.1, 0.15) is 17.5 Å². The van der Waals surface area contributed by atoms with Crippen LogP contribution in [0.15, 0.2) is 316 Å². The van der Waals surface area contributed by atoms with Gasteiger partial charge in [0.05, 0.1) is 121 Å². The van der Waals surface area contributed by atoms with Crippen LogP contribution in [0.3, 0.4) is 0 Å². The fourth-order valence-corrected chi connectivity index (χ4v) is 14.9. The van der Waals surface area contributed by atoms with E-state index in [-0.39, 0.29) is 0 Å². The van der Waals surface area contributed by atoms with Gasteiger partial charge in [-0.1, -0.05) is 109 Å². The summed E-state index contributed by atoms with van der Waals surface area (Å²) in [6, 6.07) is 97.6. The third-order valence-corrected chi connectivity index (χ3v) is 20.5. The first kappa shape index (κ1) is 89.0. The smallest absolute Gasteiger partial charge is 0.121 e. The molecule has 3 N–H and O–H groups in total. The van der Waals surface area contributed by atoms with Crippen molar-refractivity contribution in [2.24, 2.45) is 0 Å². The van der Waals surface area contributed by atoms with Crippen LogP contribution in [0.4, 0.5) is 0 Å². The summed E-state index contributed by atoms with van der Waals surface area (Å²) in [5.41, 5.74) is 27.1. The maximum atomic E-state index is 4.75. The molecule has 15 heterocycles. The van der Waals surface area contributed by atoms with Gasteiger partial charge < -0.3 is 15.0 Å². The molecule has 0 spiro atoms. The molecule has 18 rings (SSSR count). The number of nitrogens with one attached hydrogen (secondary N) is 3. The van der Waals surface area contributed by atoms with Crippen LogP contribution in [0.1, 0.15) is 131 Å². The van der Waals surface area contributed by atoms with E-state index >= 15 is 0 Å². The predicted octanol–water partition coefficient (Wildman–Crippen LogP) is 19.3. The highest BCUT2D eigenvalue weighted by molar-refractivity contribution is 5.76. The Morgan fingerprint density at radius 2 is 0.331 bits per heavy atom. The van der Waals surface area contributed by atoms with Crippen molar-refractivity contribution in [2.75, 3.05) is 0 Å². The monoisotopic (exact) mass is 1680 g/mol. The molecule has 0 amide bonds. The molecule has 0 unspecified atom stereocenters. The van der Waals surface area contributed by atoms with E-state index in [0.717, 1.165) is 243 Å². The molecule has 23 heteroatoms. The number of pyridine rings is 12. The molecule has 0 bridgehead atoms. The summed E-state index contributed by atoms with van der Waals surface area (Å²) in [6.45, 7) is 27.4. The zero-order valence-electron chi connectivity index (χ0n) is 73.6. The lowest BCUT2D eigenvalue weighted by atomic mass is 10.2. The highest BCUT2D eigenvalue weighted by Gasteiger charge is 2.19. The van der Waals surface area contributed by atoms with Crippen molar-refractivity contribution in [1.29, 1.82) is 0 Å². The van der Waals surface area contributed by atoms with E-state index in [1.54, 1.807) is 0 Å². The number of benzene rings is 3. The zero-order chi connectivity index (χ0) is 87.7. The summed E-state index contributed by atoms with van der Waals surface area (Å²) in [4.78, 5) is 91.0. The Morgan fingerprint density at radius 3 is 0.512 bits per heavy atom. The first-order valence-corrected chi connectivity index (χ1v) is 43.0. The Bertz CT molecular complexity index is 6030. The number of hydrogen-bond donors (Lipinski definition) is 3. The average Bonchev–Trinajstić information content (AvgIpc) is 1.71. The minimum Gasteiger partial charge on any atom is -0.341 e. The second-order valence-electron chi connectivity index (χ2n) is 31.8. The lowest BCUT2D eigenvalue weighted by Gasteiger charge is -2.22. The molecule has 0 fully saturated rings. The molecule has 15 aromatic heterocycles.